The number of thiazole rings is 1. The van der Waals surface area contributed by atoms with E-state index in [1.807, 2.05) is 47.8 Å². The van der Waals surface area contributed by atoms with Gasteiger partial charge in [0.1, 0.15) is 0 Å². The molecule has 0 atom stereocenters. The van der Waals surface area contributed by atoms with Gasteiger partial charge in [-0.3, -0.25) is 9.69 Å². The molecule has 0 unspecified atom stereocenters. The van der Waals surface area contributed by atoms with Crippen molar-refractivity contribution in [3.8, 4) is 11.3 Å². The van der Waals surface area contributed by atoms with Crippen molar-refractivity contribution in [2.45, 2.75) is 6.54 Å². The Balaban J connectivity index is 1.54. The third-order valence-electron chi connectivity index (χ3n) is 4.40. The molecule has 8 heteroatoms. The number of furan rings is 1. The molecule has 0 aliphatic carbocycles. The van der Waals surface area contributed by atoms with Crippen LogP contribution in [0.1, 0.15) is 16.1 Å². The number of rotatable bonds is 7. The number of ether oxygens (including phenoxy) is 1. The van der Waals surface area contributed by atoms with Crippen molar-refractivity contribution in [3.63, 3.8) is 0 Å². The minimum Gasteiger partial charge on any atom is -0.457 e. The number of carbonyl (C=O) groups excluding carboxylic acids is 2. The lowest BCUT2D eigenvalue weighted by Crippen LogP contribution is -2.34. The number of halogens is 1. The molecule has 0 bridgehead atoms. The quantitative estimate of drug-likeness (QED) is 0.349. The number of hydrogen-bond acceptors (Lipinski definition) is 6. The predicted molar refractivity (Wildman–Crippen MR) is 119 cm³/mol. The van der Waals surface area contributed by atoms with Gasteiger partial charge < -0.3 is 9.15 Å². The number of amides is 1. The number of hydrogen-bond donors (Lipinski definition) is 0. The van der Waals surface area contributed by atoms with Crippen LogP contribution in [0.3, 0.4) is 0 Å². The molecule has 31 heavy (non-hydrogen) atoms. The third-order valence-corrected chi connectivity index (χ3v) is 5.51. The van der Waals surface area contributed by atoms with Crippen LogP contribution in [0.5, 0.6) is 0 Å². The van der Waals surface area contributed by atoms with Crippen molar-refractivity contribution in [1.82, 2.24) is 4.98 Å². The van der Waals surface area contributed by atoms with Crippen LogP contribution in [0, 0.1) is 0 Å². The summed E-state index contributed by atoms with van der Waals surface area (Å²) in [6.07, 6.45) is 1.37. The highest BCUT2D eigenvalue weighted by Crippen LogP contribution is 2.29. The minimum absolute atomic E-state index is 0.0432. The Hall–Kier alpha value is -3.42. The smallest absolute Gasteiger partial charge is 0.374 e. The zero-order valence-corrected chi connectivity index (χ0v) is 17.8. The van der Waals surface area contributed by atoms with E-state index in [2.05, 4.69) is 4.98 Å². The fourth-order valence-electron chi connectivity index (χ4n) is 2.84. The third kappa shape index (κ3) is 5.20. The maximum atomic E-state index is 13.0. The van der Waals surface area contributed by atoms with Gasteiger partial charge in [-0.2, -0.15) is 0 Å². The van der Waals surface area contributed by atoms with Crippen LogP contribution in [0.2, 0.25) is 5.02 Å². The van der Waals surface area contributed by atoms with E-state index < -0.39 is 12.6 Å². The van der Waals surface area contributed by atoms with E-state index in [0.717, 1.165) is 16.8 Å². The van der Waals surface area contributed by atoms with Crippen molar-refractivity contribution >= 4 is 39.9 Å². The van der Waals surface area contributed by atoms with E-state index >= 15 is 0 Å². The summed E-state index contributed by atoms with van der Waals surface area (Å²) in [5.74, 6) is -1.04. The molecule has 0 aliphatic rings. The number of nitrogens with zero attached hydrogens (tertiary/aromatic N) is 2. The number of benzene rings is 2. The number of esters is 1. The molecule has 1 amide bonds. The van der Waals surface area contributed by atoms with Crippen LogP contribution in [0.25, 0.3) is 11.3 Å². The van der Waals surface area contributed by atoms with Gasteiger partial charge in [0.25, 0.3) is 5.91 Å². The van der Waals surface area contributed by atoms with Gasteiger partial charge in [0.15, 0.2) is 11.7 Å². The zero-order chi connectivity index (χ0) is 21.6. The Labute approximate surface area is 187 Å². The molecule has 6 nitrogen and oxygen atoms in total. The van der Waals surface area contributed by atoms with E-state index in [1.54, 1.807) is 18.2 Å². The average Bonchev–Trinajstić information content (AvgIpc) is 3.49. The molecule has 0 saturated heterocycles. The second kappa shape index (κ2) is 9.59. The lowest BCUT2D eigenvalue weighted by Gasteiger charge is -2.20. The molecule has 2 aromatic heterocycles. The number of carbonyl (C=O) groups is 2. The molecule has 0 aliphatic heterocycles. The van der Waals surface area contributed by atoms with Crippen molar-refractivity contribution in [2.24, 2.45) is 0 Å². The highest BCUT2D eigenvalue weighted by molar-refractivity contribution is 7.14. The van der Waals surface area contributed by atoms with Gasteiger partial charge in [-0.1, -0.05) is 54.1 Å². The summed E-state index contributed by atoms with van der Waals surface area (Å²) in [4.78, 5) is 31.1. The van der Waals surface area contributed by atoms with Crippen molar-refractivity contribution < 1.29 is 18.7 Å². The Kier molecular flexibility index (Phi) is 6.45. The molecule has 4 aromatic rings. The summed E-state index contributed by atoms with van der Waals surface area (Å²) < 4.78 is 10.1. The van der Waals surface area contributed by atoms with E-state index in [4.69, 9.17) is 20.8 Å². The molecular formula is C23H17ClN2O4S. The van der Waals surface area contributed by atoms with Crippen LogP contribution in [-0.2, 0) is 16.1 Å². The van der Waals surface area contributed by atoms with Gasteiger partial charge >= 0.3 is 5.97 Å². The molecule has 0 radical (unpaired) electrons. The van der Waals surface area contributed by atoms with Crippen LogP contribution in [-0.4, -0.2) is 23.5 Å². The fourth-order valence-corrected chi connectivity index (χ4v) is 3.82. The van der Waals surface area contributed by atoms with Crippen LogP contribution in [0.15, 0.2) is 82.8 Å². The summed E-state index contributed by atoms with van der Waals surface area (Å²) in [5, 5.41) is 3.02. The standard InChI is InChI=1S/C23H17ClN2O4S/c24-18-10-8-17(9-11-18)19-15-31-23(25-19)26(13-16-5-2-1-3-6-16)21(27)14-30-22(28)20-7-4-12-29-20/h1-12,15H,13-14H2. The molecule has 0 N–H and O–H groups in total. The highest BCUT2D eigenvalue weighted by Gasteiger charge is 2.22. The second-order valence-corrected chi connectivity index (χ2v) is 7.81. The van der Waals surface area contributed by atoms with E-state index in [9.17, 15) is 9.59 Å². The monoisotopic (exact) mass is 452 g/mol. The molecule has 2 heterocycles. The molecule has 4 rings (SSSR count). The molecule has 2 aromatic carbocycles. The van der Waals surface area contributed by atoms with Crippen molar-refractivity contribution in [2.75, 3.05) is 11.5 Å². The van der Waals surface area contributed by atoms with E-state index in [1.165, 1.54) is 28.6 Å². The van der Waals surface area contributed by atoms with Gasteiger partial charge in [0.05, 0.1) is 18.5 Å². The number of anilines is 1. The van der Waals surface area contributed by atoms with Crippen LogP contribution >= 0.6 is 22.9 Å². The highest BCUT2D eigenvalue weighted by atomic mass is 35.5. The Morgan fingerprint density at radius 2 is 1.81 bits per heavy atom. The summed E-state index contributed by atoms with van der Waals surface area (Å²) >= 11 is 7.30. The van der Waals surface area contributed by atoms with E-state index in [0.29, 0.717) is 16.7 Å². The molecule has 0 saturated carbocycles. The lowest BCUT2D eigenvalue weighted by molar-refractivity contribution is -0.121. The molecule has 0 fully saturated rings. The lowest BCUT2D eigenvalue weighted by atomic mass is 10.2. The normalized spacial score (nSPS) is 10.6. The largest absolute Gasteiger partial charge is 0.457 e. The second-order valence-electron chi connectivity index (χ2n) is 6.54. The predicted octanol–water partition coefficient (Wildman–Crippen LogP) is 5.45. The SMILES string of the molecule is O=C(OCC(=O)N(Cc1ccccc1)c1nc(-c2ccc(Cl)cc2)cs1)c1ccco1. The Bertz CT molecular complexity index is 1160. The van der Waals surface area contributed by atoms with Gasteiger partial charge in [0, 0.05) is 16.0 Å². The summed E-state index contributed by atoms with van der Waals surface area (Å²) in [5.41, 5.74) is 2.55. The minimum atomic E-state index is -0.695. The first-order valence-electron chi connectivity index (χ1n) is 9.36. The maximum Gasteiger partial charge on any atom is 0.374 e. The van der Waals surface area contributed by atoms with Crippen molar-refractivity contribution in [1.29, 1.82) is 0 Å². The average molecular weight is 453 g/mol. The zero-order valence-electron chi connectivity index (χ0n) is 16.2. The summed E-state index contributed by atoms with van der Waals surface area (Å²) in [6, 6.07) is 19.9. The van der Waals surface area contributed by atoms with Gasteiger partial charge in [-0.25, -0.2) is 9.78 Å². The first-order chi connectivity index (χ1) is 15.1. The van der Waals surface area contributed by atoms with Gasteiger partial charge in [-0.05, 0) is 29.8 Å². The molecule has 0 spiro atoms. The first-order valence-corrected chi connectivity index (χ1v) is 10.6. The summed E-state index contributed by atoms with van der Waals surface area (Å²) in [7, 11) is 0. The molecule has 156 valence electrons. The van der Waals surface area contributed by atoms with Gasteiger partial charge in [-0.15, -0.1) is 11.3 Å². The Morgan fingerprint density at radius 1 is 1.03 bits per heavy atom. The summed E-state index contributed by atoms with van der Waals surface area (Å²) in [6.45, 7) is -0.131. The van der Waals surface area contributed by atoms with Gasteiger partial charge in [0.2, 0.25) is 5.76 Å². The van der Waals surface area contributed by atoms with Crippen molar-refractivity contribution in [3.05, 3.63) is 94.7 Å². The Morgan fingerprint density at radius 3 is 2.52 bits per heavy atom. The van der Waals surface area contributed by atoms with Crippen LogP contribution < -0.4 is 4.90 Å². The fraction of sp³-hybridized carbons (Fsp3) is 0.0870. The first kappa shape index (κ1) is 20.8. The molecular weight excluding hydrogens is 436 g/mol. The van der Waals surface area contributed by atoms with E-state index in [-0.39, 0.29) is 11.7 Å². The van der Waals surface area contributed by atoms with Crippen LogP contribution in [0.4, 0.5) is 5.13 Å². The number of aromatic nitrogens is 1. The topological polar surface area (TPSA) is 72.6 Å². The maximum absolute atomic E-state index is 13.0.